The molecule has 0 aromatic heterocycles. The van der Waals surface area contributed by atoms with Gasteiger partial charge >= 0.3 is 12.3 Å². The Bertz CT molecular complexity index is 1510. The number of piperidine rings is 1. The molecule has 6 rings (SSSR count). The Kier molecular flexibility index (Phi) is 6.99. The topological polar surface area (TPSA) is 88.5 Å². The summed E-state index contributed by atoms with van der Waals surface area (Å²) in [4.78, 5) is 30.1. The van der Waals surface area contributed by atoms with Gasteiger partial charge in [0, 0.05) is 38.7 Å². The fraction of sp³-hybridized carbons (Fsp3) is 0.438. The number of ether oxygens (including phenoxy) is 3. The molecular weight excluding hydrogens is 565 g/mol. The minimum atomic E-state index is -4.83. The van der Waals surface area contributed by atoms with Crippen molar-refractivity contribution in [2.24, 2.45) is 0 Å². The van der Waals surface area contributed by atoms with Crippen LogP contribution in [0, 0.1) is 0 Å². The van der Waals surface area contributed by atoms with Crippen LogP contribution >= 0.6 is 0 Å². The molecule has 2 heterocycles. The first kappa shape index (κ1) is 29.1. The summed E-state index contributed by atoms with van der Waals surface area (Å²) in [6.45, 7) is 6.65. The van der Waals surface area contributed by atoms with Crippen LogP contribution in [0.2, 0.25) is 0 Å². The van der Waals surface area contributed by atoms with Crippen LogP contribution < -0.4 is 9.47 Å². The lowest BCUT2D eigenvalue weighted by Gasteiger charge is -2.65. The van der Waals surface area contributed by atoms with Crippen molar-refractivity contribution in [3.63, 3.8) is 0 Å². The van der Waals surface area contributed by atoms with Crippen LogP contribution in [0.5, 0.6) is 17.2 Å². The number of halogens is 3. The number of phenolic OH excluding ortho intramolecular Hbond substituents is 1. The smallest absolute Gasteiger partial charge is 0.504 e. The summed E-state index contributed by atoms with van der Waals surface area (Å²) in [5.41, 5.74) is 0.505. The third kappa shape index (κ3) is 4.56. The van der Waals surface area contributed by atoms with Crippen LogP contribution in [-0.4, -0.2) is 77.1 Å². The molecule has 2 bridgehead atoms. The van der Waals surface area contributed by atoms with E-state index in [2.05, 4.69) is 16.2 Å². The summed E-state index contributed by atoms with van der Waals surface area (Å²) >= 11 is 0. The molecule has 1 saturated carbocycles. The Hall–Kier alpha value is -3.99. The van der Waals surface area contributed by atoms with Crippen molar-refractivity contribution in [1.82, 2.24) is 9.80 Å². The summed E-state index contributed by atoms with van der Waals surface area (Å²) in [7, 11) is 1.66. The number of amides is 1. The maximum absolute atomic E-state index is 13.5. The molecule has 2 fully saturated rings. The van der Waals surface area contributed by atoms with Crippen LogP contribution in [0.1, 0.15) is 42.9 Å². The number of phenols is 1. The molecule has 1 spiro atoms. The lowest BCUT2D eigenvalue weighted by molar-refractivity contribution is -0.274. The fourth-order valence-corrected chi connectivity index (χ4v) is 8.08. The molecule has 2 aromatic carbocycles. The van der Waals surface area contributed by atoms with E-state index in [1.54, 1.807) is 24.1 Å². The summed E-state index contributed by atoms with van der Waals surface area (Å²) in [6, 6.07) is 8.31. The molecule has 43 heavy (non-hydrogen) atoms. The van der Waals surface area contributed by atoms with Gasteiger partial charge < -0.3 is 24.2 Å². The van der Waals surface area contributed by atoms with Gasteiger partial charge in [-0.25, -0.2) is 0 Å². The van der Waals surface area contributed by atoms with Crippen molar-refractivity contribution in [3.05, 3.63) is 71.8 Å². The average Bonchev–Trinajstić information content (AvgIpc) is 3.29. The fourth-order valence-electron chi connectivity index (χ4n) is 8.08. The number of hydrogen-bond acceptors (Lipinski definition) is 7. The molecular formula is C32H33F3N2O6. The number of rotatable bonds is 7. The van der Waals surface area contributed by atoms with E-state index in [0.29, 0.717) is 50.1 Å². The molecule has 228 valence electrons. The first-order chi connectivity index (χ1) is 20.4. The molecule has 11 heteroatoms. The number of likely N-dealkylation sites (tertiary alicyclic amines) is 1. The van der Waals surface area contributed by atoms with Gasteiger partial charge in [0.2, 0.25) is 5.91 Å². The summed E-state index contributed by atoms with van der Waals surface area (Å²) < 4.78 is 55.0. The Morgan fingerprint density at radius 2 is 2.05 bits per heavy atom. The van der Waals surface area contributed by atoms with Crippen LogP contribution in [0.25, 0.3) is 6.08 Å². The largest absolute Gasteiger partial charge is 0.573 e. The van der Waals surface area contributed by atoms with Gasteiger partial charge in [0.05, 0.1) is 17.5 Å². The number of aromatic hydroxyl groups is 1. The van der Waals surface area contributed by atoms with Crippen LogP contribution in [0.15, 0.2) is 55.1 Å². The predicted octanol–water partition coefficient (Wildman–Crippen LogP) is 4.74. The molecule has 1 N–H and O–H groups in total. The van der Waals surface area contributed by atoms with Gasteiger partial charge in [-0.05, 0) is 61.1 Å². The number of carbonyl (C=O) groups is 2. The van der Waals surface area contributed by atoms with Gasteiger partial charge in [-0.2, -0.15) is 0 Å². The lowest BCUT2D eigenvalue weighted by atomic mass is 9.48. The summed E-state index contributed by atoms with van der Waals surface area (Å²) in [5, 5.41) is 10.9. The molecule has 2 aliphatic carbocycles. The molecule has 0 unspecified atom stereocenters. The number of carbonyl (C=O) groups excluding carboxylic acids is 2. The van der Waals surface area contributed by atoms with E-state index in [1.165, 1.54) is 37.3 Å². The Morgan fingerprint density at radius 1 is 1.26 bits per heavy atom. The SMILES string of the molecule is C=CCN1CC[C@]23c4c5ccc(O)c4O[C@H]2[C@@H](N(C)C(=O)C=Cc2cccc(OC(F)(F)F)c2)CC[C@@]3(OC(C)=O)[C@H]1C5. The van der Waals surface area contributed by atoms with Gasteiger partial charge in [0.1, 0.15) is 17.5 Å². The quantitative estimate of drug-likeness (QED) is 0.280. The van der Waals surface area contributed by atoms with Crippen molar-refractivity contribution in [2.75, 3.05) is 20.1 Å². The highest BCUT2D eigenvalue weighted by atomic mass is 19.4. The third-order valence-corrected chi connectivity index (χ3v) is 9.55. The molecule has 0 radical (unpaired) electrons. The Labute approximate surface area is 247 Å². The zero-order chi connectivity index (χ0) is 30.7. The number of nitrogens with zero attached hydrogens (tertiary/aromatic N) is 2. The standard InChI is InChI=1S/C32H33F3N2O6/c1-4-15-37-16-14-30-27-21-9-10-24(39)28(27)41-29(30)23(12-13-31(30,25(37)18-21)42-19(2)38)36(3)26(40)11-8-20-6-5-7-22(17-20)43-32(33,34)35/h4-11,17,23,25,29,39H,1,12-16,18H2,2-3H3/t23-,25+,29-,30-,31+/m0/s1. The second kappa shape index (κ2) is 10.3. The van der Waals surface area contributed by atoms with Gasteiger partial charge in [0.15, 0.2) is 11.5 Å². The number of alkyl halides is 3. The molecule has 1 amide bonds. The second-order valence-corrected chi connectivity index (χ2v) is 11.7. The number of benzene rings is 2. The molecule has 5 atom stereocenters. The van der Waals surface area contributed by atoms with Crippen LogP contribution in [0.3, 0.4) is 0 Å². The van der Waals surface area contributed by atoms with Gasteiger partial charge in [-0.3, -0.25) is 14.5 Å². The lowest BCUT2D eigenvalue weighted by Crippen LogP contribution is -2.79. The van der Waals surface area contributed by atoms with E-state index in [9.17, 15) is 27.9 Å². The molecule has 1 saturated heterocycles. The number of likely N-dealkylation sites (N-methyl/N-ethyl adjacent to an activating group) is 1. The van der Waals surface area contributed by atoms with Crippen LogP contribution in [0.4, 0.5) is 13.2 Å². The van der Waals surface area contributed by atoms with Gasteiger partial charge in [0.25, 0.3) is 0 Å². The minimum Gasteiger partial charge on any atom is -0.504 e. The minimum absolute atomic E-state index is 0.000181. The number of esters is 1. The maximum Gasteiger partial charge on any atom is 0.573 e. The number of hydrogen-bond donors (Lipinski definition) is 1. The van der Waals surface area contributed by atoms with E-state index in [1.807, 2.05) is 12.1 Å². The summed E-state index contributed by atoms with van der Waals surface area (Å²) in [5.74, 6) is -0.780. The predicted molar refractivity (Wildman–Crippen MR) is 151 cm³/mol. The second-order valence-electron chi connectivity index (χ2n) is 11.7. The van der Waals surface area contributed by atoms with E-state index in [0.717, 1.165) is 11.1 Å². The highest BCUT2D eigenvalue weighted by Crippen LogP contribution is 2.67. The average molecular weight is 599 g/mol. The zero-order valence-corrected chi connectivity index (χ0v) is 23.9. The van der Waals surface area contributed by atoms with E-state index in [-0.39, 0.29) is 23.4 Å². The van der Waals surface area contributed by atoms with Gasteiger partial charge in [-0.15, -0.1) is 19.8 Å². The Balaban J connectivity index is 1.36. The van der Waals surface area contributed by atoms with E-state index >= 15 is 0 Å². The molecule has 8 nitrogen and oxygen atoms in total. The Morgan fingerprint density at radius 3 is 2.77 bits per heavy atom. The zero-order valence-electron chi connectivity index (χ0n) is 23.9. The van der Waals surface area contributed by atoms with E-state index < -0.39 is 35.5 Å². The van der Waals surface area contributed by atoms with Crippen molar-refractivity contribution in [1.29, 1.82) is 0 Å². The molecule has 2 aromatic rings. The summed E-state index contributed by atoms with van der Waals surface area (Å²) in [6.07, 6.45) is 1.28. The highest BCUT2D eigenvalue weighted by Gasteiger charge is 2.75. The first-order valence-corrected chi connectivity index (χ1v) is 14.3. The van der Waals surface area contributed by atoms with Crippen LogP contribution in [-0.2, 0) is 26.2 Å². The van der Waals surface area contributed by atoms with Crippen molar-refractivity contribution >= 4 is 18.0 Å². The highest BCUT2D eigenvalue weighted by molar-refractivity contribution is 5.92. The maximum atomic E-state index is 13.5. The van der Waals surface area contributed by atoms with Crippen molar-refractivity contribution < 1.29 is 42.1 Å². The van der Waals surface area contributed by atoms with E-state index in [4.69, 9.17) is 9.47 Å². The third-order valence-electron chi connectivity index (χ3n) is 9.55. The normalized spacial score (nSPS) is 29.0. The molecule has 4 aliphatic rings. The monoisotopic (exact) mass is 598 g/mol. The first-order valence-electron chi connectivity index (χ1n) is 14.3. The van der Waals surface area contributed by atoms with Gasteiger partial charge in [-0.1, -0.05) is 24.3 Å². The van der Waals surface area contributed by atoms with Crippen molar-refractivity contribution in [3.8, 4) is 17.2 Å². The van der Waals surface area contributed by atoms with Crippen molar-refractivity contribution in [2.45, 2.75) is 68.2 Å². The molecule has 2 aliphatic heterocycles.